The van der Waals surface area contributed by atoms with E-state index < -0.39 is 37.7 Å². The van der Waals surface area contributed by atoms with Crippen molar-refractivity contribution in [2.75, 3.05) is 31.5 Å². The summed E-state index contributed by atoms with van der Waals surface area (Å²) in [5.41, 5.74) is -1.21. The van der Waals surface area contributed by atoms with Crippen molar-refractivity contribution in [2.24, 2.45) is 0 Å². The van der Waals surface area contributed by atoms with Crippen LogP contribution >= 0.6 is 22.9 Å². The van der Waals surface area contributed by atoms with Gasteiger partial charge < -0.3 is 4.90 Å². The van der Waals surface area contributed by atoms with E-state index >= 15 is 0 Å². The number of thiazole rings is 1. The number of benzene rings is 1. The van der Waals surface area contributed by atoms with Crippen molar-refractivity contribution >= 4 is 44.1 Å². The highest BCUT2D eigenvalue weighted by Crippen LogP contribution is 2.36. The van der Waals surface area contributed by atoms with E-state index in [1.165, 1.54) is 22.4 Å². The summed E-state index contributed by atoms with van der Waals surface area (Å²) < 4.78 is 65.5. The summed E-state index contributed by atoms with van der Waals surface area (Å²) in [5, 5.41) is 4.13. The van der Waals surface area contributed by atoms with Gasteiger partial charge in [-0.05, 0) is 18.2 Å². The van der Waals surface area contributed by atoms with E-state index in [-0.39, 0.29) is 26.2 Å². The van der Waals surface area contributed by atoms with Crippen molar-refractivity contribution in [1.82, 2.24) is 14.2 Å². The number of carbonyl (C=O) groups excluding carboxylic acids is 1. The number of amides is 2. The van der Waals surface area contributed by atoms with Crippen LogP contribution in [-0.2, 0) is 16.2 Å². The van der Waals surface area contributed by atoms with Crippen LogP contribution in [0.5, 0.6) is 0 Å². The Morgan fingerprint density at radius 1 is 1.21 bits per heavy atom. The lowest BCUT2D eigenvalue weighted by Crippen LogP contribution is -2.51. The van der Waals surface area contributed by atoms with Gasteiger partial charge in [-0.3, -0.25) is 5.32 Å². The number of aromatic nitrogens is 1. The van der Waals surface area contributed by atoms with E-state index in [1.54, 1.807) is 5.38 Å². The molecule has 13 heteroatoms. The van der Waals surface area contributed by atoms with Gasteiger partial charge in [-0.15, -0.1) is 11.3 Å². The summed E-state index contributed by atoms with van der Waals surface area (Å²) in [4.78, 5) is 17.0. The molecular weight excluding hydrogens is 441 g/mol. The molecule has 3 rings (SSSR count). The molecule has 0 saturated carbocycles. The zero-order valence-corrected chi connectivity index (χ0v) is 16.5. The third kappa shape index (κ3) is 4.40. The predicted octanol–water partition coefficient (Wildman–Crippen LogP) is 3.35. The van der Waals surface area contributed by atoms with Crippen molar-refractivity contribution in [3.8, 4) is 0 Å². The van der Waals surface area contributed by atoms with Crippen LogP contribution in [-0.4, -0.2) is 54.8 Å². The molecule has 1 N–H and O–H groups in total. The fourth-order valence-corrected chi connectivity index (χ4v) is 4.81. The number of alkyl halides is 3. The monoisotopic (exact) mass is 454 g/mol. The molecule has 1 aromatic heterocycles. The summed E-state index contributed by atoms with van der Waals surface area (Å²) in [7, 11) is -4.15. The third-order valence-corrected chi connectivity index (χ3v) is 6.97. The summed E-state index contributed by atoms with van der Waals surface area (Å²) in [6.45, 7) is 0.0987. The Bertz CT molecular complexity index is 959. The number of nitrogens with zero attached hydrogens (tertiary/aromatic N) is 3. The van der Waals surface area contributed by atoms with Crippen LogP contribution in [0.2, 0.25) is 5.02 Å². The van der Waals surface area contributed by atoms with Crippen LogP contribution < -0.4 is 5.32 Å². The highest BCUT2D eigenvalue weighted by molar-refractivity contribution is 7.89. The van der Waals surface area contributed by atoms with E-state index in [0.29, 0.717) is 11.2 Å². The molecule has 2 aromatic rings. The SMILES string of the molecule is O=C(Nc1nccs1)N1CCN(S(=O)(=O)c2ccc(Cl)c(C(F)(F)F)c2)CC1. The van der Waals surface area contributed by atoms with Crippen LogP contribution in [0.15, 0.2) is 34.7 Å². The minimum absolute atomic E-state index is 0.0440. The Hall–Kier alpha value is -1.89. The largest absolute Gasteiger partial charge is 0.417 e. The molecule has 0 unspecified atom stereocenters. The number of urea groups is 1. The summed E-state index contributed by atoms with van der Waals surface area (Å²) in [6.07, 6.45) is -3.23. The first-order chi connectivity index (χ1) is 13.1. The van der Waals surface area contributed by atoms with Gasteiger partial charge in [0.15, 0.2) is 5.13 Å². The van der Waals surface area contributed by atoms with Crippen molar-refractivity contribution in [3.63, 3.8) is 0 Å². The number of hydrogen-bond acceptors (Lipinski definition) is 5. The van der Waals surface area contributed by atoms with Crippen molar-refractivity contribution in [3.05, 3.63) is 40.4 Å². The minimum atomic E-state index is -4.77. The molecule has 7 nitrogen and oxygen atoms in total. The van der Waals surface area contributed by atoms with Crippen LogP contribution in [0.3, 0.4) is 0 Å². The zero-order valence-electron chi connectivity index (χ0n) is 14.1. The summed E-state index contributed by atoms with van der Waals surface area (Å²) in [5.74, 6) is 0. The molecule has 28 heavy (non-hydrogen) atoms. The Morgan fingerprint density at radius 3 is 2.46 bits per heavy atom. The minimum Gasteiger partial charge on any atom is -0.322 e. The van der Waals surface area contributed by atoms with Gasteiger partial charge in [0.1, 0.15) is 0 Å². The molecule has 0 spiro atoms. The number of nitrogens with one attached hydrogen (secondary N) is 1. The van der Waals surface area contributed by atoms with Crippen LogP contribution in [0.1, 0.15) is 5.56 Å². The highest BCUT2D eigenvalue weighted by Gasteiger charge is 2.36. The fraction of sp³-hybridized carbons (Fsp3) is 0.333. The van der Waals surface area contributed by atoms with E-state index in [9.17, 15) is 26.4 Å². The van der Waals surface area contributed by atoms with E-state index in [1.807, 2.05) is 0 Å². The molecule has 0 aliphatic carbocycles. The Labute approximate surface area is 167 Å². The summed E-state index contributed by atoms with van der Waals surface area (Å²) in [6, 6.07) is 2.06. The van der Waals surface area contributed by atoms with Gasteiger partial charge in [0.05, 0.1) is 15.5 Å². The number of rotatable bonds is 3. The second kappa shape index (κ2) is 7.85. The molecule has 2 amide bonds. The number of hydrogen-bond donors (Lipinski definition) is 1. The standard InChI is InChI=1S/C15H14ClF3N4O3S2/c16-12-2-1-10(9-11(12)15(17,18)19)28(25,26)23-6-4-22(5-7-23)14(24)21-13-20-3-8-27-13/h1-3,8-9H,4-7H2,(H,20,21,24). The smallest absolute Gasteiger partial charge is 0.322 e. The Kier molecular flexibility index (Phi) is 5.84. The number of sulfonamides is 1. The highest BCUT2D eigenvalue weighted by atomic mass is 35.5. The summed E-state index contributed by atoms with van der Waals surface area (Å²) >= 11 is 6.79. The first kappa shape index (κ1) is 20.8. The van der Waals surface area contributed by atoms with E-state index in [4.69, 9.17) is 11.6 Å². The number of carbonyl (C=O) groups is 1. The van der Waals surface area contributed by atoms with Gasteiger partial charge in [0.2, 0.25) is 10.0 Å². The molecule has 0 bridgehead atoms. The first-order valence-corrected chi connectivity index (χ1v) is 10.6. The zero-order chi connectivity index (χ0) is 20.5. The fourth-order valence-electron chi connectivity index (χ4n) is 2.62. The second-order valence-electron chi connectivity index (χ2n) is 5.80. The normalized spacial score (nSPS) is 16.2. The molecule has 1 fully saturated rings. The lowest BCUT2D eigenvalue weighted by atomic mass is 10.2. The van der Waals surface area contributed by atoms with Crippen LogP contribution in [0, 0.1) is 0 Å². The quantitative estimate of drug-likeness (QED) is 0.771. The number of piperazine rings is 1. The van der Waals surface area contributed by atoms with Gasteiger partial charge in [-0.1, -0.05) is 11.6 Å². The van der Waals surface area contributed by atoms with Crippen molar-refractivity contribution in [1.29, 1.82) is 0 Å². The molecular formula is C15H14ClF3N4O3S2. The maximum absolute atomic E-state index is 13.0. The average Bonchev–Trinajstić information content (AvgIpc) is 3.14. The average molecular weight is 455 g/mol. The Balaban J connectivity index is 1.70. The molecule has 0 radical (unpaired) electrons. The lowest BCUT2D eigenvalue weighted by molar-refractivity contribution is -0.137. The lowest BCUT2D eigenvalue weighted by Gasteiger charge is -2.33. The molecule has 1 aromatic carbocycles. The molecule has 0 atom stereocenters. The number of halogens is 4. The molecule has 1 aliphatic rings. The second-order valence-corrected chi connectivity index (χ2v) is 9.04. The molecule has 1 saturated heterocycles. The van der Waals surface area contributed by atoms with Crippen LogP contribution in [0.25, 0.3) is 0 Å². The molecule has 2 heterocycles. The van der Waals surface area contributed by atoms with Gasteiger partial charge in [0, 0.05) is 37.8 Å². The predicted molar refractivity (Wildman–Crippen MR) is 97.9 cm³/mol. The van der Waals surface area contributed by atoms with Crippen molar-refractivity contribution in [2.45, 2.75) is 11.1 Å². The number of anilines is 1. The van der Waals surface area contributed by atoms with Gasteiger partial charge >= 0.3 is 12.2 Å². The third-order valence-electron chi connectivity index (χ3n) is 4.05. The maximum atomic E-state index is 13.0. The van der Waals surface area contributed by atoms with Gasteiger partial charge in [0.25, 0.3) is 0 Å². The molecule has 1 aliphatic heterocycles. The topological polar surface area (TPSA) is 82.6 Å². The van der Waals surface area contributed by atoms with E-state index in [2.05, 4.69) is 10.3 Å². The first-order valence-electron chi connectivity index (χ1n) is 7.91. The molecule has 152 valence electrons. The van der Waals surface area contributed by atoms with Gasteiger partial charge in [-0.2, -0.15) is 17.5 Å². The van der Waals surface area contributed by atoms with Gasteiger partial charge in [-0.25, -0.2) is 18.2 Å². The maximum Gasteiger partial charge on any atom is 0.417 e. The van der Waals surface area contributed by atoms with Crippen LogP contribution in [0.4, 0.5) is 23.1 Å². The Morgan fingerprint density at radius 2 is 1.89 bits per heavy atom. The van der Waals surface area contributed by atoms with E-state index in [0.717, 1.165) is 16.4 Å². The van der Waals surface area contributed by atoms with Crippen molar-refractivity contribution < 1.29 is 26.4 Å².